The van der Waals surface area contributed by atoms with Crippen LogP contribution in [0.1, 0.15) is 52.2 Å². The molecule has 0 bridgehead atoms. The summed E-state index contributed by atoms with van der Waals surface area (Å²) in [5.74, 6) is 1.39. The molecule has 0 aromatic heterocycles. The molecule has 1 aromatic carbocycles. The molecule has 4 nitrogen and oxygen atoms in total. The van der Waals surface area contributed by atoms with Gasteiger partial charge in [-0.25, -0.2) is 0 Å². The van der Waals surface area contributed by atoms with Crippen molar-refractivity contribution in [2.24, 2.45) is 11.3 Å². The molecule has 4 heteroatoms. The smallest absolute Gasteiger partial charge is 0.120 e. The second-order valence-corrected chi connectivity index (χ2v) is 8.06. The first-order valence-electron chi connectivity index (χ1n) is 9.19. The maximum absolute atomic E-state index is 10.6. The van der Waals surface area contributed by atoms with Gasteiger partial charge >= 0.3 is 0 Å². The van der Waals surface area contributed by atoms with Crippen LogP contribution < -0.4 is 10.1 Å². The molecule has 1 aromatic rings. The fourth-order valence-electron chi connectivity index (χ4n) is 4.36. The van der Waals surface area contributed by atoms with Crippen molar-refractivity contribution in [2.75, 3.05) is 13.2 Å². The third kappa shape index (κ3) is 3.46. The summed E-state index contributed by atoms with van der Waals surface area (Å²) in [5.41, 5.74) is 1.03. The van der Waals surface area contributed by atoms with Crippen molar-refractivity contribution in [1.82, 2.24) is 5.32 Å². The summed E-state index contributed by atoms with van der Waals surface area (Å²) in [5, 5.41) is 14.2. The van der Waals surface area contributed by atoms with E-state index in [-0.39, 0.29) is 11.5 Å². The van der Waals surface area contributed by atoms with Crippen LogP contribution >= 0.6 is 0 Å². The standard InChI is InChI=1S/C20H31NO3/c1-13(2)24-15-8-5-7-14(11-15)17(22)12-21-18-16-9-6-10-23-19(16)20(18,3)4/h5,7-8,11,13,16-19,21-22H,6,9-10,12H2,1-4H3/t16-,17+,18+,19-/m0/s1. The SMILES string of the molecule is CC(C)Oc1cccc([C@H](O)CN[C@@H]2[C@@H]3CCCO[C@@H]3C2(C)C)c1. The lowest BCUT2D eigenvalue weighted by Crippen LogP contribution is -2.69. The molecule has 1 heterocycles. The van der Waals surface area contributed by atoms with Crippen molar-refractivity contribution >= 4 is 0 Å². The minimum Gasteiger partial charge on any atom is -0.491 e. The van der Waals surface area contributed by atoms with E-state index in [1.807, 2.05) is 38.1 Å². The predicted octanol–water partition coefficient (Wildman–Crippen LogP) is 3.30. The highest BCUT2D eigenvalue weighted by molar-refractivity contribution is 5.30. The Bertz CT molecular complexity index is 558. The monoisotopic (exact) mass is 333 g/mol. The first kappa shape index (κ1) is 17.7. The Labute approximate surface area is 145 Å². The molecule has 134 valence electrons. The molecule has 1 aliphatic heterocycles. The molecule has 24 heavy (non-hydrogen) atoms. The average molecular weight is 333 g/mol. The van der Waals surface area contributed by atoms with E-state index in [0.717, 1.165) is 24.3 Å². The zero-order valence-electron chi connectivity index (χ0n) is 15.3. The molecule has 3 rings (SSSR count). The maximum atomic E-state index is 10.6. The third-order valence-corrected chi connectivity index (χ3v) is 5.48. The largest absolute Gasteiger partial charge is 0.491 e. The first-order valence-corrected chi connectivity index (χ1v) is 9.19. The summed E-state index contributed by atoms with van der Waals surface area (Å²) in [7, 11) is 0. The van der Waals surface area contributed by atoms with Crippen LogP contribution in [0.15, 0.2) is 24.3 Å². The number of hydrogen-bond donors (Lipinski definition) is 2. The molecule has 4 atom stereocenters. The highest BCUT2D eigenvalue weighted by Gasteiger charge is 2.57. The van der Waals surface area contributed by atoms with Crippen LogP contribution in [0.3, 0.4) is 0 Å². The Kier molecular flexibility index (Phi) is 5.19. The van der Waals surface area contributed by atoms with Crippen molar-refractivity contribution in [3.05, 3.63) is 29.8 Å². The van der Waals surface area contributed by atoms with Gasteiger partial charge in [0.1, 0.15) is 5.75 Å². The predicted molar refractivity (Wildman–Crippen MR) is 95.2 cm³/mol. The average Bonchev–Trinajstić information content (AvgIpc) is 2.54. The lowest BCUT2D eigenvalue weighted by Gasteiger charge is -2.60. The van der Waals surface area contributed by atoms with E-state index in [1.54, 1.807) is 0 Å². The number of aliphatic hydroxyl groups is 1. The number of nitrogens with one attached hydrogen (secondary N) is 1. The molecule has 1 saturated heterocycles. The van der Waals surface area contributed by atoms with E-state index in [1.165, 1.54) is 6.42 Å². The molecule has 1 saturated carbocycles. The highest BCUT2D eigenvalue weighted by atomic mass is 16.5. The van der Waals surface area contributed by atoms with Crippen LogP contribution in [0.4, 0.5) is 0 Å². The van der Waals surface area contributed by atoms with Gasteiger partial charge in [-0.1, -0.05) is 26.0 Å². The van der Waals surface area contributed by atoms with Gasteiger partial charge in [-0.15, -0.1) is 0 Å². The number of hydrogen-bond acceptors (Lipinski definition) is 4. The van der Waals surface area contributed by atoms with Gasteiger partial charge in [-0.05, 0) is 44.4 Å². The van der Waals surface area contributed by atoms with E-state index in [2.05, 4.69) is 19.2 Å². The summed E-state index contributed by atoms with van der Waals surface area (Å²) in [6.45, 7) is 9.99. The van der Waals surface area contributed by atoms with Gasteiger partial charge in [0.15, 0.2) is 0 Å². The minimum atomic E-state index is -0.528. The molecule has 0 spiro atoms. The molecular formula is C20H31NO3. The second kappa shape index (κ2) is 7.03. The zero-order valence-corrected chi connectivity index (χ0v) is 15.3. The molecule has 0 radical (unpaired) electrons. The van der Waals surface area contributed by atoms with Gasteiger partial charge in [-0.2, -0.15) is 0 Å². The van der Waals surface area contributed by atoms with E-state index in [0.29, 0.717) is 24.6 Å². The van der Waals surface area contributed by atoms with Gasteiger partial charge in [0, 0.05) is 30.5 Å². The number of fused-ring (bicyclic) bond motifs is 1. The zero-order chi connectivity index (χ0) is 17.3. The number of rotatable bonds is 6. The van der Waals surface area contributed by atoms with Crippen molar-refractivity contribution in [2.45, 2.75) is 64.9 Å². The Morgan fingerprint density at radius 2 is 2.17 bits per heavy atom. The summed E-state index contributed by atoms with van der Waals surface area (Å²) in [4.78, 5) is 0. The van der Waals surface area contributed by atoms with Crippen LogP contribution in [0.2, 0.25) is 0 Å². The van der Waals surface area contributed by atoms with Crippen LogP contribution in [0.25, 0.3) is 0 Å². The Balaban J connectivity index is 1.58. The molecule has 2 fully saturated rings. The lowest BCUT2D eigenvalue weighted by atomic mass is 9.55. The number of benzene rings is 1. The van der Waals surface area contributed by atoms with E-state index < -0.39 is 6.10 Å². The molecule has 2 aliphatic rings. The van der Waals surface area contributed by atoms with E-state index in [4.69, 9.17) is 9.47 Å². The van der Waals surface area contributed by atoms with Crippen molar-refractivity contribution < 1.29 is 14.6 Å². The maximum Gasteiger partial charge on any atom is 0.120 e. The van der Waals surface area contributed by atoms with Crippen molar-refractivity contribution in [3.8, 4) is 5.75 Å². The molecule has 1 aliphatic carbocycles. The highest BCUT2D eigenvalue weighted by Crippen LogP contribution is 2.51. The Hall–Kier alpha value is -1.10. The summed E-state index contributed by atoms with van der Waals surface area (Å²) < 4.78 is 11.7. The molecule has 2 N–H and O–H groups in total. The fourth-order valence-corrected chi connectivity index (χ4v) is 4.36. The second-order valence-electron chi connectivity index (χ2n) is 8.06. The van der Waals surface area contributed by atoms with Crippen LogP contribution in [-0.4, -0.2) is 36.5 Å². The summed E-state index contributed by atoms with van der Waals surface area (Å²) in [6, 6.07) is 8.17. The fraction of sp³-hybridized carbons (Fsp3) is 0.700. The minimum absolute atomic E-state index is 0.132. The lowest BCUT2D eigenvalue weighted by molar-refractivity contribution is -0.193. The third-order valence-electron chi connectivity index (χ3n) is 5.48. The van der Waals surface area contributed by atoms with Gasteiger partial charge in [0.05, 0.1) is 18.3 Å². The van der Waals surface area contributed by atoms with Crippen molar-refractivity contribution in [3.63, 3.8) is 0 Å². The normalized spacial score (nSPS) is 29.7. The van der Waals surface area contributed by atoms with Crippen LogP contribution in [-0.2, 0) is 4.74 Å². The van der Waals surface area contributed by atoms with Gasteiger partial charge in [0.25, 0.3) is 0 Å². The number of ether oxygens (including phenoxy) is 2. The van der Waals surface area contributed by atoms with Gasteiger partial charge in [0.2, 0.25) is 0 Å². The molecular weight excluding hydrogens is 302 g/mol. The van der Waals surface area contributed by atoms with Crippen molar-refractivity contribution in [1.29, 1.82) is 0 Å². The molecule has 0 unspecified atom stereocenters. The van der Waals surface area contributed by atoms with Gasteiger partial charge < -0.3 is 19.9 Å². The van der Waals surface area contributed by atoms with E-state index >= 15 is 0 Å². The summed E-state index contributed by atoms with van der Waals surface area (Å²) in [6.07, 6.45) is 2.34. The first-order chi connectivity index (χ1) is 11.4. The van der Waals surface area contributed by atoms with E-state index in [9.17, 15) is 5.11 Å². The topological polar surface area (TPSA) is 50.7 Å². The summed E-state index contributed by atoms with van der Waals surface area (Å²) >= 11 is 0. The number of aliphatic hydroxyl groups excluding tert-OH is 1. The van der Waals surface area contributed by atoms with Crippen LogP contribution in [0.5, 0.6) is 5.75 Å². The quantitative estimate of drug-likeness (QED) is 0.839. The van der Waals surface area contributed by atoms with Gasteiger partial charge in [-0.3, -0.25) is 0 Å². The Morgan fingerprint density at radius 1 is 1.38 bits per heavy atom. The molecule has 0 amide bonds. The van der Waals surface area contributed by atoms with Crippen LogP contribution in [0, 0.1) is 11.3 Å². The Morgan fingerprint density at radius 3 is 2.92 bits per heavy atom.